The summed E-state index contributed by atoms with van der Waals surface area (Å²) in [6, 6.07) is 0. The van der Waals surface area contributed by atoms with Gasteiger partial charge in [0, 0.05) is 6.54 Å². The predicted molar refractivity (Wildman–Crippen MR) is 138 cm³/mol. The van der Waals surface area contributed by atoms with Crippen molar-refractivity contribution < 1.29 is 37.4 Å². The highest BCUT2D eigenvalue weighted by molar-refractivity contribution is 8.44. The Morgan fingerprint density at radius 3 is 2.90 bits per heavy atom. The van der Waals surface area contributed by atoms with E-state index in [9.17, 15) is 19.4 Å². The summed E-state index contributed by atoms with van der Waals surface area (Å²) in [5.41, 5.74) is 0.487. The van der Waals surface area contributed by atoms with Crippen LogP contribution >= 0.6 is 25.8 Å². The van der Waals surface area contributed by atoms with Crippen molar-refractivity contribution in [1.29, 1.82) is 0 Å². The number of aromatic nitrogens is 8. The van der Waals surface area contributed by atoms with Crippen LogP contribution in [-0.2, 0) is 52.4 Å². The highest BCUT2D eigenvalue weighted by Gasteiger charge is 2.49. The van der Waals surface area contributed by atoms with Crippen LogP contribution in [0, 0.1) is 0 Å². The molecule has 17 nitrogen and oxygen atoms in total. The Bertz CT molecular complexity index is 1700. The van der Waals surface area contributed by atoms with Gasteiger partial charge in [0.05, 0.1) is 32.1 Å². The number of aliphatic hydroxyl groups is 1. The second kappa shape index (κ2) is 10.4. The Balaban J connectivity index is 1.37. The van der Waals surface area contributed by atoms with Crippen LogP contribution in [0.1, 0.15) is 12.1 Å². The summed E-state index contributed by atoms with van der Waals surface area (Å²) in [5.74, 6) is 0.288. The molecule has 6 heterocycles. The lowest BCUT2D eigenvalue weighted by Gasteiger charge is -2.24. The molecule has 0 saturated carbocycles. The summed E-state index contributed by atoms with van der Waals surface area (Å²) in [6.07, 6.45) is 0.0754. The van der Waals surface area contributed by atoms with Gasteiger partial charge >= 0.3 is 13.5 Å². The zero-order chi connectivity index (χ0) is 27.4. The average molecular weight is 618 g/mol. The minimum atomic E-state index is -4.18. The first kappa shape index (κ1) is 27.0. The predicted octanol–water partition coefficient (Wildman–Crippen LogP) is 0.421. The van der Waals surface area contributed by atoms with E-state index < -0.39 is 50.2 Å². The van der Waals surface area contributed by atoms with Crippen LogP contribution in [-0.4, -0.2) is 80.6 Å². The summed E-state index contributed by atoms with van der Waals surface area (Å²) in [4.78, 5) is 45.9. The first-order chi connectivity index (χ1) is 18.6. The maximum Gasteiger partial charge on any atom is 0.387 e. The zero-order valence-corrected chi connectivity index (χ0v) is 23.1. The molecule has 6 rings (SSSR count). The Labute approximate surface area is 228 Å². The van der Waals surface area contributed by atoms with Gasteiger partial charge in [-0.05, 0) is 11.8 Å². The molecule has 0 spiro atoms. The van der Waals surface area contributed by atoms with E-state index in [1.807, 2.05) is 0 Å². The van der Waals surface area contributed by atoms with Crippen LogP contribution in [0.5, 0.6) is 0 Å². The van der Waals surface area contributed by atoms with E-state index in [1.165, 1.54) is 29.7 Å². The number of rotatable bonds is 1. The van der Waals surface area contributed by atoms with Gasteiger partial charge < -0.3 is 33.3 Å². The van der Waals surface area contributed by atoms with Crippen molar-refractivity contribution in [3.05, 3.63) is 41.4 Å². The monoisotopic (exact) mass is 618 g/mol. The smallest absolute Gasteiger partial charge is 0.387 e. The van der Waals surface area contributed by atoms with Gasteiger partial charge in [-0.1, -0.05) is 12.2 Å². The molecule has 21 heteroatoms. The van der Waals surface area contributed by atoms with Crippen molar-refractivity contribution in [1.82, 2.24) is 39.0 Å². The van der Waals surface area contributed by atoms with Crippen molar-refractivity contribution in [2.75, 3.05) is 13.2 Å². The zero-order valence-electron chi connectivity index (χ0n) is 19.6. The molecule has 4 aromatic heterocycles. The van der Waals surface area contributed by atoms with Gasteiger partial charge in [-0.2, -0.15) is 0 Å². The fourth-order valence-electron chi connectivity index (χ4n) is 4.29. The van der Waals surface area contributed by atoms with Crippen molar-refractivity contribution in [2.45, 2.75) is 37.7 Å². The quantitative estimate of drug-likeness (QED) is 0.168. The number of imidazole rings is 2. The third kappa shape index (κ3) is 5.32. The Hall–Kier alpha value is -2.15. The molecular weight excluding hydrogens is 598 g/mol. The molecule has 0 aliphatic carbocycles. The van der Waals surface area contributed by atoms with E-state index in [0.29, 0.717) is 11.2 Å². The van der Waals surface area contributed by atoms with Gasteiger partial charge in [-0.25, -0.2) is 29.5 Å². The molecule has 2 aliphatic rings. The lowest BCUT2D eigenvalue weighted by Crippen LogP contribution is -2.35. The number of hydrogen-bond donors (Lipinski definition) is 4. The van der Waals surface area contributed by atoms with Crippen LogP contribution < -0.4 is 5.56 Å². The number of aromatic amines is 1. The molecular formula is C18H20N8O9P2S2. The van der Waals surface area contributed by atoms with E-state index in [4.69, 9.17) is 34.6 Å². The normalized spacial score (nSPS) is 32.6. The molecule has 2 bridgehead atoms. The van der Waals surface area contributed by atoms with Crippen molar-refractivity contribution in [3.63, 3.8) is 0 Å². The summed E-state index contributed by atoms with van der Waals surface area (Å²) in [6.45, 7) is -8.65. The average Bonchev–Trinajstić information content (AvgIpc) is 3.56. The Morgan fingerprint density at radius 1 is 1.21 bits per heavy atom. The number of hydrogen-bond acceptors (Lipinski definition) is 14. The number of thiol groups is 1. The number of aliphatic hydroxyl groups excluding tert-OH is 1. The van der Waals surface area contributed by atoms with Gasteiger partial charge in [0.25, 0.3) is 5.56 Å². The number of H-pyrrole nitrogens is 1. The lowest BCUT2D eigenvalue weighted by atomic mass is 10.1. The van der Waals surface area contributed by atoms with Gasteiger partial charge in [0.1, 0.15) is 42.6 Å². The van der Waals surface area contributed by atoms with Crippen molar-refractivity contribution >= 4 is 59.9 Å². The van der Waals surface area contributed by atoms with Gasteiger partial charge in [0.2, 0.25) is 0 Å². The van der Waals surface area contributed by atoms with Gasteiger partial charge in [-0.3, -0.25) is 18.4 Å². The van der Waals surface area contributed by atoms with Gasteiger partial charge in [-0.15, -0.1) is 0 Å². The van der Waals surface area contributed by atoms with Crippen LogP contribution in [0.15, 0.2) is 30.0 Å². The van der Waals surface area contributed by atoms with E-state index >= 15 is 0 Å². The molecule has 0 radical (unpaired) electrons. The molecule has 39 heavy (non-hydrogen) atoms. The molecule has 0 aromatic carbocycles. The third-order valence-electron chi connectivity index (χ3n) is 6.02. The highest BCUT2D eigenvalue weighted by atomic mass is 32.7. The van der Waals surface area contributed by atoms with E-state index in [-0.39, 0.29) is 36.7 Å². The fourth-order valence-corrected chi connectivity index (χ4v) is 6.79. The van der Waals surface area contributed by atoms with Crippen LogP contribution in [0.3, 0.4) is 0 Å². The fraction of sp³-hybridized carbons (Fsp3) is 0.444. The Kier molecular flexibility index (Phi) is 7.18. The first-order valence-electron chi connectivity index (χ1n) is 11.3. The van der Waals surface area contributed by atoms with E-state index in [1.54, 1.807) is 4.57 Å². The topological polar surface area (TPSA) is 211 Å². The maximum atomic E-state index is 13.4. The molecule has 4 aromatic rings. The first-order valence-corrected chi connectivity index (χ1v) is 16.6. The number of ether oxygens (including phenoxy) is 1. The summed E-state index contributed by atoms with van der Waals surface area (Å²) in [7, 11) is 0. The van der Waals surface area contributed by atoms with Crippen LogP contribution in [0.4, 0.5) is 0 Å². The van der Waals surface area contributed by atoms with Crippen LogP contribution in [0.25, 0.3) is 22.3 Å². The number of fused-ring (bicyclic) bond motifs is 6. The molecule has 2 aliphatic heterocycles. The standard InChI is InChI=1S/C18H20N8O9P2S2/c27-13-10-4-32-36(29,38)31-2-1-25-11(24-9-3-19-6-20-15(9)25)5-33-37(30,39)35-14(13)18(34-10)26-8-23-12-16(26)21-7-22-17(12)28/h3,6-8,10,13-14,18,27H,1-2,4-5H2,(H,29,38)(H,30,39)(H,21,22,28)/t10-,13-,14-,18-,36?,37?/m1/s1. The van der Waals surface area contributed by atoms with Crippen molar-refractivity contribution in [2.24, 2.45) is 0 Å². The minimum Gasteiger partial charge on any atom is -0.387 e. The molecule has 6 atom stereocenters. The minimum absolute atomic E-state index is 0.00254. The maximum absolute atomic E-state index is 13.4. The van der Waals surface area contributed by atoms with E-state index in [0.717, 1.165) is 0 Å². The summed E-state index contributed by atoms with van der Waals surface area (Å²) < 4.78 is 44.4. The molecule has 1 saturated heterocycles. The van der Waals surface area contributed by atoms with Gasteiger partial charge in [0.15, 0.2) is 23.0 Å². The van der Waals surface area contributed by atoms with Crippen molar-refractivity contribution in [3.8, 4) is 0 Å². The molecule has 2 unspecified atom stereocenters. The second-order valence-corrected chi connectivity index (χ2v) is 14.1. The largest absolute Gasteiger partial charge is 0.387 e. The Morgan fingerprint density at radius 2 is 2.05 bits per heavy atom. The SMILES string of the molecule is O=c1[nH]cnc2c1ncn2[C@@H]1O[C@@H]2COP(O)(=S)OCCn3c(nc4cncnc43)COP(=O)(S)O[C@@H]1[C@@H]2O. The number of nitrogens with one attached hydrogen (secondary N) is 1. The summed E-state index contributed by atoms with van der Waals surface area (Å²) >= 11 is 9.23. The van der Waals surface area contributed by atoms with Crippen LogP contribution in [0.2, 0.25) is 0 Å². The second-order valence-electron chi connectivity index (χ2n) is 8.43. The molecule has 1 fully saturated rings. The molecule has 208 valence electrons. The molecule has 0 amide bonds. The number of nitrogens with zero attached hydrogens (tertiary/aromatic N) is 7. The lowest BCUT2D eigenvalue weighted by molar-refractivity contribution is -0.0476. The summed E-state index contributed by atoms with van der Waals surface area (Å²) in [5, 5.41) is 11.1. The molecule has 3 N–H and O–H groups in total. The third-order valence-corrected chi connectivity index (χ3v) is 9.24. The highest BCUT2D eigenvalue weighted by Crippen LogP contribution is 2.57. The van der Waals surface area contributed by atoms with E-state index in [2.05, 4.69) is 42.2 Å².